The summed E-state index contributed by atoms with van der Waals surface area (Å²) >= 11 is 0. The van der Waals surface area contributed by atoms with E-state index < -0.39 is 0 Å². The summed E-state index contributed by atoms with van der Waals surface area (Å²) in [4.78, 5) is 2.39. The number of hydrogen-bond donors (Lipinski definition) is 1. The van der Waals surface area contributed by atoms with Gasteiger partial charge in [-0.2, -0.15) is 0 Å². The fraction of sp³-hybridized carbons (Fsp3) is 0.385. The lowest BCUT2D eigenvalue weighted by atomic mass is 10.2. The molecule has 0 saturated carbocycles. The zero-order chi connectivity index (χ0) is 11.2. The highest BCUT2D eigenvalue weighted by Gasteiger charge is 2.07. The smallest absolute Gasteiger partial charge is 0.0594 e. The van der Waals surface area contributed by atoms with Gasteiger partial charge in [-0.3, -0.25) is 4.90 Å². The van der Waals surface area contributed by atoms with Crippen molar-refractivity contribution < 1.29 is 4.74 Å². The van der Waals surface area contributed by atoms with Crippen molar-refractivity contribution >= 4 is 11.8 Å². The van der Waals surface area contributed by atoms with Gasteiger partial charge in [0.15, 0.2) is 0 Å². The van der Waals surface area contributed by atoms with Gasteiger partial charge < -0.3 is 10.5 Å². The van der Waals surface area contributed by atoms with E-state index in [1.165, 1.54) is 5.56 Å². The first-order chi connectivity index (χ1) is 7.84. The van der Waals surface area contributed by atoms with Crippen LogP contribution >= 0.6 is 0 Å². The maximum atomic E-state index is 5.63. The molecule has 1 aromatic carbocycles. The summed E-state index contributed by atoms with van der Waals surface area (Å²) in [6.45, 7) is 4.78. The van der Waals surface area contributed by atoms with Crippen LogP contribution in [0.1, 0.15) is 5.56 Å². The van der Waals surface area contributed by atoms with Crippen molar-refractivity contribution in [1.82, 2.24) is 4.90 Å². The van der Waals surface area contributed by atoms with E-state index in [1.54, 1.807) is 0 Å². The van der Waals surface area contributed by atoms with Crippen molar-refractivity contribution in [2.45, 2.75) is 0 Å². The molecule has 2 rings (SSSR count). The molecule has 0 spiro atoms. The molecule has 0 aliphatic carbocycles. The Morgan fingerprint density at radius 3 is 2.56 bits per heavy atom. The van der Waals surface area contributed by atoms with E-state index in [-0.39, 0.29) is 0 Å². The molecule has 1 fully saturated rings. The number of rotatable bonds is 3. The van der Waals surface area contributed by atoms with Gasteiger partial charge in [0.2, 0.25) is 0 Å². The number of nitrogens with two attached hydrogens (primary N) is 1. The highest BCUT2D eigenvalue weighted by atomic mass is 16.5. The number of ether oxygens (including phenoxy) is 1. The highest BCUT2D eigenvalue weighted by molar-refractivity contribution is 5.53. The molecule has 86 valence electrons. The standard InChI is InChI=1S/C13H18N2O/c14-13-5-3-12(4-6-13)2-1-7-15-8-10-16-11-9-15/h1-6H,7-11,14H2. The van der Waals surface area contributed by atoms with Crippen LogP contribution in [0.4, 0.5) is 5.69 Å². The Bertz CT molecular complexity index is 339. The minimum absolute atomic E-state index is 0.810. The van der Waals surface area contributed by atoms with Gasteiger partial charge in [0.05, 0.1) is 13.2 Å². The number of anilines is 1. The molecule has 0 atom stereocenters. The third kappa shape index (κ3) is 3.36. The van der Waals surface area contributed by atoms with Crippen molar-refractivity contribution in [3.8, 4) is 0 Å². The van der Waals surface area contributed by atoms with Gasteiger partial charge in [0, 0.05) is 25.3 Å². The fourth-order valence-corrected chi connectivity index (χ4v) is 1.73. The van der Waals surface area contributed by atoms with Gasteiger partial charge in [-0.25, -0.2) is 0 Å². The summed E-state index contributed by atoms with van der Waals surface area (Å²) in [5.41, 5.74) is 7.63. The molecule has 0 bridgehead atoms. The molecule has 1 aliphatic heterocycles. The van der Waals surface area contributed by atoms with Crippen LogP contribution in [0.2, 0.25) is 0 Å². The Balaban J connectivity index is 1.82. The Morgan fingerprint density at radius 2 is 1.88 bits per heavy atom. The normalized spacial score (nSPS) is 18.0. The number of nitrogen functional groups attached to an aromatic ring is 1. The summed E-state index contributed by atoms with van der Waals surface area (Å²) in [6.07, 6.45) is 4.33. The van der Waals surface area contributed by atoms with Crippen molar-refractivity contribution in [3.05, 3.63) is 35.9 Å². The van der Waals surface area contributed by atoms with Gasteiger partial charge in [-0.05, 0) is 17.7 Å². The zero-order valence-corrected chi connectivity index (χ0v) is 9.43. The number of hydrogen-bond acceptors (Lipinski definition) is 3. The summed E-state index contributed by atoms with van der Waals surface area (Å²) in [6, 6.07) is 7.92. The molecule has 3 heteroatoms. The average molecular weight is 218 g/mol. The molecule has 0 radical (unpaired) electrons. The maximum Gasteiger partial charge on any atom is 0.0594 e. The summed E-state index contributed by atoms with van der Waals surface area (Å²) in [7, 11) is 0. The summed E-state index contributed by atoms with van der Waals surface area (Å²) < 4.78 is 5.30. The zero-order valence-electron chi connectivity index (χ0n) is 9.43. The van der Waals surface area contributed by atoms with Crippen LogP contribution in [0, 0.1) is 0 Å². The first kappa shape index (κ1) is 11.2. The van der Waals surface area contributed by atoms with E-state index >= 15 is 0 Å². The van der Waals surface area contributed by atoms with Crippen LogP contribution in [0.15, 0.2) is 30.3 Å². The Morgan fingerprint density at radius 1 is 1.19 bits per heavy atom. The molecule has 1 aromatic rings. The van der Waals surface area contributed by atoms with Crippen LogP contribution in [0.5, 0.6) is 0 Å². The molecule has 0 amide bonds. The van der Waals surface area contributed by atoms with Crippen LogP contribution < -0.4 is 5.73 Å². The van der Waals surface area contributed by atoms with E-state index in [1.807, 2.05) is 24.3 Å². The minimum atomic E-state index is 0.810. The fourth-order valence-electron chi connectivity index (χ4n) is 1.73. The van der Waals surface area contributed by atoms with Crippen molar-refractivity contribution in [3.63, 3.8) is 0 Å². The monoisotopic (exact) mass is 218 g/mol. The molecule has 1 heterocycles. The molecule has 1 saturated heterocycles. The predicted molar refractivity (Wildman–Crippen MR) is 67.1 cm³/mol. The van der Waals surface area contributed by atoms with Crippen LogP contribution in [-0.4, -0.2) is 37.7 Å². The second kappa shape index (κ2) is 5.68. The maximum absolute atomic E-state index is 5.63. The molecular weight excluding hydrogens is 200 g/mol. The van der Waals surface area contributed by atoms with Gasteiger partial charge in [-0.15, -0.1) is 0 Å². The Hall–Kier alpha value is -1.32. The van der Waals surface area contributed by atoms with Crippen LogP contribution in [0.3, 0.4) is 0 Å². The van der Waals surface area contributed by atoms with Gasteiger partial charge in [0.1, 0.15) is 0 Å². The van der Waals surface area contributed by atoms with Crippen molar-refractivity contribution in [1.29, 1.82) is 0 Å². The molecule has 16 heavy (non-hydrogen) atoms. The topological polar surface area (TPSA) is 38.5 Å². The second-order valence-electron chi connectivity index (χ2n) is 3.98. The molecule has 1 aliphatic rings. The third-order valence-electron chi connectivity index (χ3n) is 2.71. The molecule has 0 aromatic heterocycles. The predicted octanol–water partition coefficient (Wildman–Crippen LogP) is 1.61. The van der Waals surface area contributed by atoms with Gasteiger partial charge in [0.25, 0.3) is 0 Å². The minimum Gasteiger partial charge on any atom is -0.399 e. The average Bonchev–Trinajstić information content (AvgIpc) is 2.33. The van der Waals surface area contributed by atoms with Crippen molar-refractivity contribution in [2.24, 2.45) is 0 Å². The van der Waals surface area contributed by atoms with Crippen molar-refractivity contribution in [2.75, 3.05) is 38.6 Å². The first-order valence-electron chi connectivity index (χ1n) is 5.67. The third-order valence-corrected chi connectivity index (χ3v) is 2.71. The lowest BCUT2D eigenvalue weighted by Gasteiger charge is -2.25. The van der Waals surface area contributed by atoms with Gasteiger partial charge in [-0.1, -0.05) is 24.3 Å². The molecular formula is C13H18N2O. The van der Waals surface area contributed by atoms with Crippen LogP contribution in [-0.2, 0) is 4.74 Å². The number of nitrogens with zero attached hydrogens (tertiary/aromatic N) is 1. The van der Waals surface area contributed by atoms with E-state index in [4.69, 9.17) is 10.5 Å². The highest BCUT2D eigenvalue weighted by Crippen LogP contribution is 2.07. The van der Waals surface area contributed by atoms with E-state index in [0.29, 0.717) is 0 Å². The Kier molecular flexibility index (Phi) is 3.97. The number of benzene rings is 1. The van der Waals surface area contributed by atoms with E-state index in [9.17, 15) is 0 Å². The largest absolute Gasteiger partial charge is 0.399 e. The second-order valence-corrected chi connectivity index (χ2v) is 3.98. The van der Waals surface area contributed by atoms with Crippen LogP contribution in [0.25, 0.3) is 6.08 Å². The molecule has 2 N–H and O–H groups in total. The first-order valence-corrected chi connectivity index (χ1v) is 5.67. The van der Waals surface area contributed by atoms with Gasteiger partial charge >= 0.3 is 0 Å². The summed E-state index contributed by atoms with van der Waals surface area (Å²) in [5, 5.41) is 0. The quantitative estimate of drug-likeness (QED) is 0.783. The SMILES string of the molecule is Nc1ccc(C=CCN2CCOCC2)cc1. The molecule has 3 nitrogen and oxygen atoms in total. The molecule has 0 unspecified atom stereocenters. The van der Waals surface area contributed by atoms with E-state index in [2.05, 4.69) is 17.1 Å². The number of morpholine rings is 1. The summed E-state index contributed by atoms with van der Waals surface area (Å²) in [5.74, 6) is 0. The van der Waals surface area contributed by atoms with E-state index in [0.717, 1.165) is 38.5 Å². The Labute approximate surface area is 96.5 Å². The lowest BCUT2D eigenvalue weighted by Crippen LogP contribution is -2.36. The lowest BCUT2D eigenvalue weighted by molar-refractivity contribution is 0.0435.